The number of aromatic nitrogens is 6. The second-order valence-corrected chi connectivity index (χ2v) is 6.79. The average Bonchev–Trinajstić information content (AvgIpc) is 3.30. The van der Waals surface area contributed by atoms with Crippen LogP contribution in [0.5, 0.6) is 0 Å². The second-order valence-electron chi connectivity index (χ2n) is 5.42. The van der Waals surface area contributed by atoms with E-state index in [-0.39, 0.29) is 0 Å². The number of benzene rings is 2. The molecule has 4 aromatic rings. The lowest BCUT2D eigenvalue weighted by Gasteiger charge is -2.03. The van der Waals surface area contributed by atoms with E-state index in [2.05, 4.69) is 25.7 Å². The van der Waals surface area contributed by atoms with Crippen molar-refractivity contribution in [3.63, 3.8) is 0 Å². The third kappa shape index (κ3) is 3.92. The van der Waals surface area contributed by atoms with Gasteiger partial charge in [-0.1, -0.05) is 71.0 Å². The van der Waals surface area contributed by atoms with Crippen molar-refractivity contribution in [2.24, 2.45) is 0 Å². The molecule has 26 heavy (non-hydrogen) atoms. The zero-order chi connectivity index (χ0) is 17.8. The lowest BCUT2D eigenvalue weighted by Crippen LogP contribution is -2.03. The molecular weight excluding hydrogens is 372 g/mol. The van der Waals surface area contributed by atoms with E-state index in [1.54, 1.807) is 16.8 Å². The number of tetrazole rings is 1. The van der Waals surface area contributed by atoms with Gasteiger partial charge >= 0.3 is 0 Å². The van der Waals surface area contributed by atoms with E-state index in [0.29, 0.717) is 34.2 Å². The summed E-state index contributed by atoms with van der Waals surface area (Å²) in [6.45, 7) is 0.605. The fraction of sp³-hybridized carbons (Fsp3) is 0.118. The maximum absolute atomic E-state index is 6.00. The number of halogens is 1. The maximum atomic E-state index is 6.00. The van der Waals surface area contributed by atoms with Gasteiger partial charge in [-0.15, -0.1) is 5.10 Å². The van der Waals surface area contributed by atoms with Gasteiger partial charge in [0.1, 0.15) is 0 Å². The van der Waals surface area contributed by atoms with Gasteiger partial charge in [-0.2, -0.15) is 4.98 Å². The van der Waals surface area contributed by atoms with Crippen LogP contribution in [0.15, 0.2) is 64.3 Å². The Morgan fingerprint density at radius 1 is 1.08 bits per heavy atom. The van der Waals surface area contributed by atoms with Gasteiger partial charge < -0.3 is 4.52 Å². The highest BCUT2D eigenvalue weighted by Gasteiger charge is 2.13. The number of rotatable bonds is 6. The van der Waals surface area contributed by atoms with Crippen molar-refractivity contribution >= 4 is 23.4 Å². The molecule has 9 heteroatoms. The Labute approximate surface area is 158 Å². The van der Waals surface area contributed by atoms with Gasteiger partial charge in [0.05, 0.1) is 12.3 Å². The summed E-state index contributed by atoms with van der Waals surface area (Å²) in [5.41, 5.74) is 1.94. The first-order valence-electron chi connectivity index (χ1n) is 7.79. The van der Waals surface area contributed by atoms with Crippen LogP contribution in [0.2, 0.25) is 5.02 Å². The quantitative estimate of drug-likeness (QED) is 0.468. The third-order valence-corrected chi connectivity index (χ3v) is 4.73. The summed E-state index contributed by atoms with van der Waals surface area (Å²) in [6.07, 6.45) is 0. The fourth-order valence-electron chi connectivity index (χ4n) is 2.34. The van der Waals surface area contributed by atoms with Crippen molar-refractivity contribution in [2.75, 3.05) is 0 Å². The molecule has 0 bridgehead atoms. The molecule has 0 radical (unpaired) electrons. The molecule has 0 aliphatic heterocycles. The van der Waals surface area contributed by atoms with Crippen molar-refractivity contribution in [1.82, 2.24) is 30.3 Å². The molecule has 7 nitrogen and oxygen atoms in total. The molecule has 0 amide bonds. The molecule has 0 aliphatic rings. The molecule has 0 fully saturated rings. The minimum atomic E-state index is 0.475. The van der Waals surface area contributed by atoms with Crippen LogP contribution in [-0.2, 0) is 12.3 Å². The van der Waals surface area contributed by atoms with Gasteiger partial charge in [-0.3, -0.25) is 0 Å². The van der Waals surface area contributed by atoms with Crippen molar-refractivity contribution in [3.8, 4) is 11.4 Å². The van der Waals surface area contributed by atoms with Crippen LogP contribution in [0.4, 0.5) is 0 Å². The Bertz CT molecular complexity index is 1000. The van der Waals surface area contributed by atoms with Crippen molar-refractivity contribution in [2.45, 2.75) is 17.5 Å². The van der Waals surface area contributed by atoms with Gasteiger partial charge in [0.15, 0.2) is 0 Å². The molecule has 0 N–H and O–H groups in total. The van der Waals surface area contributed by atoms with Crippen molar-refractivity contribution < 1.29 is 4.52 Å². The predicted molar refractivity (Wildman–Crippen MR) is 97.7 cm³/mol. The molecule has 4 rings (SSSR count). The predicted octanol–water partition coefficient (Wildman–Crippen LogP) is 3.72. The molecule has 0 spiro atoms. The smallest absolute Gasteiger partial charge is 0.237 e. The topological polar surface area (TPSA) is 82.5 Å². The van der Waals surface area contributed by atoms with E-state index in [0.717, 1.165) is 11.1 Å². The monoisotopic (exact) mass is 384 g/mol. The van der Waals surface area contributed by atoms with Crippen molar-refractivity contribution in [1.29, 1.82) is 0 Å². The zero-order valence-corrected chi connectivity index (χ0v) is 15.1. The van der Waals surface area contributed by atoms with E-state index in [1.165, 1.54) is 11.8 Å². The molecule has 130 valence electrons. The van der Waals surface area contributed by atoms with Gasteiger partial charge in [0.2, 0.25) is 16.9 Å². The van der Waals surface area contributed by atoms with E-state index in [9.17, 15) is 0 Å². The summed E-state index contributed by atoms with van der Waals surface area (Å²) in [7, 11) is 0. The zero-order valence-electron chi connectivity index (χ0n) is 13.5. The Hall–Kier alpha value is -2.71. The summed E-state index contributed by atoms with van der Waals surface area (Å²) < 4.78 is 7.06. The number of thioether (sulfide) groups is 1. The van der Waals surface area contributed by atoms with E-state index in [4.69, 9.17) is 16.1 Å². The van der Waals surface area contributed by atoms with Crippen LogP contribution in [0.3, 0.4) is 0 Å². The summed E-state index contributed by atoms with van der Waals surface area (Å²) in [5, 5.41) is 17.2. The largest absolute Gasteiger partial charge is 0.338 e. The average molecular weight is 385 g/mol. The van der Waals surface area contributed by atoms with Gasteiger partial charge in [-0.25, -0.2) is 4.68 Å². The SMILES string of the molecule is Clc1cccc(-c2noc(CSc3nnnn3Cc3ccccc3)n2)c1. The summed E-state index contributed by atoms with van der Waals surface area (Å²) in [5.74, 6) is 1.48. The highest BCUT2D eigenvalue weighted by molar-refractivity contribution is 7.98. The lowest BCUT2D eigenvalue weighted by atomic mass is 10.2. The van der Waals surface area contributed by atoms with Crippen LogP contribution >= 0.6 is 23.4 Å². The molecule has 0 saturated heterocycles. The number of hydrogen-bond acceptors (Lipinski definition) is 7. The summed E-state index contributed by atoms with van der Waals surface area (Å²) in [4.78, 5) is 4.40. The van der Waals surface area contributed by atoms with Gasteiger partial charge in [-0.05, 0) is 28.1 Å². The van der Waals surface area contributed by atoms with Gasteiger partial charge in [0.25, 0.3) is 0 Å². The lowest BCUT2D eigenvalue weighted by molar-refractivity contribution is 0.391. The van der Waals surface area contributed by atoms with Crippen LogP contribution in [0.1, 0.15) is 11.5 Å². The number of nitrogens with zero attached hydrogens (tertiary/aromatic N) is 6. The highest BCUT2D eigenvalue weighted by atomic mass is 35.5. The first-order valence-corrected chi connectivity index (χ1v) is 9.16. The maximum Gasteiger partial charge on any atom is 0.237 e. The second kappa shape index (κ2) is 7.67. The fourth-order valence-corrected chi connectivity index (χ4v) is 3.24. The summed E-state index contributed by atoms with van der Waals surface area (Å²) in [6, 6.07) is 17.3. The van der Waals surface area contributed by atoms with Crippen molar-refractivity contribution in [3.05, 3.63) is 71.1 Å². The molecular formula is C17H13ClN6OS. The molecule has 2 heterocycles. The minimum Gasteiger partial charge on any atom is -0.338 e. The molecule has 0 unspecified atom stereocenters. The molecule has 0 saturated carbocycles. The van der Waals surface area contributed by atoms with E-state index < -0.39 is 0 Å². The molecule has 2 aromatic carbocycles. The first kappa shape index (κ1) is 16.7. The standard InChI is InChI=1S/C17H13ClN6OS/c18-14-8-4-7-13(9-14)16-19-15(25-21-16)11-26-17-20-22-23-24(17)10-12-5-2-1-3-6-12/h1-9H,10-11H2. The van der Waals surface area contributed by atoms with Crippen LogP contribution in [-0.4, -0.2) is 30.3 Å². The van der Waals surface area contributed by atoms with Crippen LogP contribution in [0, 0.1) is 0 Å². The number of hydrogen-bond donors (Lipinski definition) is 0. The minimum absolute atomic E-state index is 0.475. The molecule has 0 atom stereocenters. The molecule has 2 aromatic heterocycles. The van der Waals surface area contributed by atoms with Crippen LogP contribution < -0.4 is 0 Å². The summed E-state index contributed by atoms with van der Waals surface area (Å²) >= 11 is 7.44. The Morgan fingerprint density at radius 2 is 1.96 bits per heavy atom. The van der Waals surface area contributed by atoms with E-state index >= 15 is 0 Å². The Kier molecular flexibility index (Phi) is 4.94. The van der Waals surface area contributed by atoms with Gasteiger partial charge in [0, 0.05) is 10.6 Å². The third-order valence-electron chi connectivity index (χ3n) is 3.55. The first-order chi connectivity index (χ1) is 12.8. The van der Waals surface area contributed by atoms with E-state index in [1.807, 2.05) is 42.5 Å². The Balaban J connectivity index is 1.43. The highest BCUT2D eigenvalue weighted by Crippen LogP contribution is 2.23. The van der Waals surface area contributed by atoms with Crippen LogP contribution in [0.25, 0.3) is 11.4 Å². The Morgan fingerprint density at radius 3 is 2.81 bits per heavy atom. The molecule has 0 aliphatic carbocycles. The normalized spacial score (nSPS) is 11.0.